The molecule has 176 valence electrons. The van der Waals surface area contributed by atoms with Crippen LogP contribution in [-0.2, 0) is 22.4 Å². The van der Waals surface area contributed by atoms with Gasteiger partial charge in [0.1, 0.15) is 16.7 Å². The third kappa shape index (κ3) is 5.38. The summed E-state index contributed by atoms with van der Waals surface area (Å²) in [5.74, 6) is -0.811. The highest BCUT2D eigenvalue weighted by Gasteiger charge is 2.41. The number of anilines is 2. The van der Waals surface area contributed by atoms with E-state index in [-0.39, 0.29) is 16.5 Å². The lowest BCUT2D eigenvalue weighted by molar-refractivity contribution is -0.117. The van der Waals surface area contributed by atoms with Crippen molar-refractivity contribution in [2.75, 3.05) is 10.2 Å². The number of amides is 2. The highest BCUT2D eigenvalue weighted by atomic mass is 35.5. The van der Waals surface area contributed by atoms with Gasteiger partial charge < -0.3 is 5.32 Å². The molecule has 0 aliphatic carbocycles. The lowest BCUT2D eigenvalue weighted by atomic mass is 10.1. The lowest BCUT2D eigenvalue weighted by Gasteiger charge is -2.18. The highest BCUT2D eigenvalue weighted by Crippen LogP contribution is 2.43. The number of carbonyl (C=O) groups excluding carboxylic acids is 2. The highest BCUT2D eigenvalue weighted by molar-refractivity contribution is 8.05. The van der Waals surface area contributed by atoms with Gasteiger partial charge in [0.15, 0.2) is 0 Å². The maximum atomic E-state index is 13.5. The van der Waals surface area contributed by atoms with Crippen LogP contribution >= 0.6 is 35.0 Å². The van der Waals surface area contributed by atoms with Crippen molar-refractivity contribution in [2.45, 2.75) is 25.0 Å². The zero-order valence-corrected chi connectivity index (χ0v) is 21.1. The van der Waals surface area contributed by atoms with Crippen LogP contribution in [0.25, 0.3) is 0 Å². The monoisotopic (exact) mass is 521 g/mol. The van der Waals surface area contributed by atoms with Crippen LogP contribution in [0.4, 0.5) is 11.4 Å². The zero-order chi connectivity index (χ0) is 24.9. The van der Waals surface area contributed by atoms with Crippen molar-refractivity contribution in [3.8, 4) is 6.07 Å². The first-order valence-corrected chi connectivity index (χ1v) is 12.6. The number of hydrogen-bond acceptors (Lipinski definition) is 4. The minimum atomic E-state index is -0.582. The quantitative estimate of drug-likeness (QED) is 0.292. The third-order valence-corrected chi connectivity index (χ3v) is 7.70. The van der Waals surface area contributed by atoms with Crippen molar-refractivity contribution < 1.29 is 9.59 Å². The molecular weight excluding hydrogens is 501 g/mol. The van der Waals surface area contributed by atoms with Crippen LogP contribution in [0.1, 0.15) is 18.1 Å². The van der Waals surface area contributed by atoms with Gasteiger partial charge in [0.05, 0.1) is 15.3 Å². The molecule has 0 aromatic heterocycles. The summed E-state index contributed by atoms with van der Waals surface area (Å²) in [5.41, 5.74) is 2.87. The molecule has 3 aromatic carbocycles. The van der Waals surface area contributed by atoms with E-state index >= 15 is 0 Å². The summed E-state index contributed by atoms with van der Waals surface area (Å²) in [6.07, 6.45) is 1.18. The first-order valence-electron chi connectivity index (χ1n) is 11.0. The minimum absolute atomic E-state index is 0.133. The minimum Gasteiger partial charge on any atom is -0.321 e. The number of halogens is 2. The molecule has 1 unspecified atom stereocenters. The molecule has 1 saturated heterocycles. The Labute approximate surface area is 218 Å². The van der Waals surface area contributed by atoms with Gasteiger partial charge in [-0.3, -0.25) is 14.5 Å². The zero-order valence-electron chi connectivity index (χ0n) is 18.8. The van der Waals surface area contributed by atoms with Crippen LogP contribution in [0.5, 0.6) is 0 Å². The second-order valence-electron chi connectivity index (χ2n) is 7.83. The number of benzene rings is 3. The summed E-state index contributed by atoms with van der Waals surface area (Å²) in [7, 11) is 0. The van der Waals surface area contributed by atoms with Crippen molar-refractivity contribution in [2.24, 2.45) is 0 Å². The van der Waals surface area contributed by atoms with E-state index in [2.05, 4.69) is 5.32 Å². The Hall–Kier alpha value is -3.24. The Morgan fingerprint density at radius 1 is 1.06 bits per heavy atom. The fourth-order valence-corrected chi connectivity index (χ4v) is 5.41. The van der Waals surface area contributed by atoms with Crippen molar-refractivity contribution in [1.82, 2.24) is 0 Å². The van der Waals surface area contributed by atoms with Crippen LogP contribution in [-0.4, -0.2) is 17.1 Å². The van der Waals surface area contributed by atoms with E-state index in [9.17, 15) is 14.9 Å². The standard InChI is InChI=1S/C27H21Cl2N3O2S/c1-2-17-11-13-19(14-12-17)31-25(33)21(16-30)27-32(20-8-4-3-5-9-20)26(34)23(35-27)15-18-7-6-10-22(28)24(18)29/h3-14,23H,2,15H2,1H3,(H,31,33)/b27-21-. The van der Waals surface area contributed by atoms with Crippen LogP contribution in [0.3, 0.4) is 0 Å². The SMILES string of the molecule is CCc1ccc(NC(=O)/C(C#N)=C2\SC(Cc3cccc(Cl)c3Cl)C(=O)N2c2ccccc2)cc1. The third-order valence-electron chi connectivity index (χ3n) is 5.58. The Balaban J connectivity index is 1.70. The Morgan fingerprint density at radius 2 is 1.77 bits per heavy atom. The van der Waals surface area contributed by atoms with E-state index in [0.717, 1.165) is 17.5 Å². The van der Waals surface area contributed by atoms with Gasteiger partial charge >= 0.3 is 0 Å². The number of aryl methyl sites for hydroxylation is 1. The van der Waals surface area contributed by atoms with Crippen LogP contribution in [0.2, 0.25) is 10.0 Å². The topological polar surface area (TPSA) is 73.2 Å². The molecule has 0 radical (unpaired) electrons. The largest absolute Gasteiger partial charge is 0.321 e. The number of carbonyl (C=O) groups is 2. The first kappa shape index (κ1) is 24.9. The van der Waals surface area contributed by atoms with Gasteiger partial charge in [-0.1, -0.05) is 84.4 Å². The first-order chi connectivity index (χ1) is 16.9. The predicted octanol–water partition coefficient (Wildman–Crippen LogP) is 6.62. The number of nitrogens with one attached hydrogen (secondary N) is 1. The molecular formula is C27H21Cl2N3O2S. The summed E-state index contributed by atoms with van der Waals surface area (Å²) in [6, 6.07) is 23.7. The summed E-state index contributed by atoms with van der Waals surface area (Å²) in [4.78, 5) is 28.1. The molecule has 1 aliphatic heterocycles. The van der Waals surface area contributed by atoms with Gasteiger partial charge in [-0.15, -0.1) is 0 Å². The van der Waals surface area contributed by atoms with E-state index in [0.29, 0.717) is 27.8 Å². The summed E-state index contributed by atoms with van der Waals surface area (Å²) in [5, 5.41) is 13.2. The number of thioether (sulfide) groups is 1. The van der Waals surface area contributed by atoms with Crippen LogP contribution in [0.15, 0.2) is 83.4 Å². The van der Waals surface area contributed by atoms with E-state index < -0.39 is 11.2 Å². The lowest BCUT2D eigenvalue weighted by Crippen LogP contribution is -2.31. The second-order valence-corrected chi connectivity index (χ2v) is 9.81. The number of hydrogen-bond donors (Lipinski definition) is 1. The number of rotatable bonds is 6. The molecule has 1 atom stereocenters. The van der Waals surface area contributed by atoms with Gasteiger partial charge in [-0.2, -0.15) is 5.26 Å². The van der Waals surface area contributed by atoms with Crippen LogP contribution in [0, 0.1) is 11.3 Å². The molecule has 5 nitrogen and oxygen atoms in total. The van der Waals surface area contributed by atoms with Crippen molar-refractivity contribution in [1.29, 1.82) is 5.26 Å². The fraction of sp³-hybridized carbons (Fsp3) is 0.148. The maximum Gasteiger partial charge on any atom is 0.269 e. The number of para-hydroxylation sites is 1. The molecule has 0 saturated carbocycles. The van der Waals surface area contributed by atoms with E-state index in [4.69, 9.17) is 23.2 Å². The molecule has 35 heavy (non-hydrogen) atoms. The second kappa shape index (κ2) is 11.0. The van der Waals surface area contributed by atoms with Crippen molar-refractivity contribution in [3.05, 3.63) is 105 Å². The molecule has 1 aliphatic rings. The average molecular weight is 522 g/mol. The summed E-state index contributed by atoms with van der Waals surface area (Å²) in [6.45, 7) is 2.05. The fourth-order valence-electron chi connectivity index (χ4n) is 3.72. The predicted molar refractivity (Wildman–Crippen MR) is 143 cm³/mol. The van der Waals surface area contributed by atoms with Crippen LogP contribution < -0.4 is 10.2 Å². The van der Waals surface area contributed by atoms with E-state index in [1.165, 1.54) is 16.7 Å². The van der Waals surface area contributed by atoms with Crippen molar-refractivity contribution >= 4 is 58.2 Å². The Morgan fingerprint density at radius 3 is 2.43 bits per heavy atom. The maximum absolute atomic E-state index is 13.5. The molecule has 1 fully saturated rings. The number of nitriles is 1. The average Bonchev–Trinajstić information content (AvgIpc) is 3.18. The molecule has 3 aromatic rings. The van der Waals surface area contributed by atoms with E-state index in [1.54, 1.807) is 48.5 Å². The Bertz CT molecular complexity index is 1330. The molecule has 4 rings (SSSR count). The van der Waals surface area contributed by atoms with E-state index in [1.807, 2.05) is 37.3 Å². The van der Waals surface area contributed by atoms with Crippen molar-refractivity contribution in [3.63, 3.8) is 0 Å². The van der Waals surface area contributed by atoms with Gasteiger partial charge in [0.2, 0.25) is 5.91 Å². The molecule has 0 spiro atoms. The molecule has 8 heteroatoms. The van der Waals surface area contributed by atoms with Gasteiger partial charge in [-0.25, -0.2) is 0 Å². The van der Waals surface area contributed by atoms with Gasteiger partial charge in [0, 0.05) is 11.4 Å². The molecule has 0 bridgehead atoms. The molecule has 1 N–H and O–H groups in total. The van der Waals surface area contributed by atoms with Gasteiger partial charge in [-0.05, 0) is 54.3 Å². The molecule has 2 amide bonds. The molecule has 1 heterocycles. The van der Waals surface area contributed by atoms with Gasteiger partial charge in [0.25, 0.3) is 5.91 Å². The summed E-state index contributed by atoms with van der Waals surface area (Å²) >= 11 is 13.7. The summed E-state index contributed by atoms with van der Waals surface area (Å²) < 4.78 is 0. The smallest absolute Gasteiger partial charge is 0.269 e. The normalized spacial score (nSPS) is 16.7. The Kier molecular flexibility index (Phi) is 7.82. The number of nitrogens with zero attached hydrogens (tertiary/aromatic N) is 2.